The van der Waals surface area contributed by atoms with Crippen LogP contribution in [0.3, 0.4) is 0 Å². The highest BCUT2D eigenvalue weighted by molar-refractivity contribution is 7.89. The van der Waals surface area contributed by atoms with E-state index in [2.05, 4.69) is 4.72 Å². The lowest BCUT2D eigenvalue weighted by Gasteiger charge is -2.11. The van der Waals surface area contributed by atoms with Crippen molar-refractivity contribution in [1.29, 1.82) is 0 Å². The molecule has 1 aliphatic heterocycles. The van der Waals surface area contributed by atoms with Crippen LogP contribution in [0.15, 0.2) is 16.3 Å². The third-order valence-electron chi connectivity index (χ3n) is 2.66. The van der Waals surface area contributed by atoms with Gasteiger partial charge in [-0.05, 0) is 24.3 Å². The molecule has 96 valence electrons. The number of ether oxygens (including phenoxy) is 1. The van der Waals surface area contributed by atoms with Gasteiger partial charge in [0.15, 0.2) is 0 Å². The number of hydrogen-bond acceptors (Lipinski definition) is 5. The molecule has 5 nitrogen and oxygen atoms in total. The molecule has 1 aromatic rings. The van der Waals surface area contributed by atoms with Crippen LogP contribution in [0.5, 0.6) is 0 Å². The van der Waals surface area contributed by atoms with Crippen molar-refractivity contribution in [3.05, 3.63) is 16.3 Å². The van der Waals surface area contributed by atoms with E-state index < -0.39 is 10.0 Å². The van der Waals surface area contributed by atoms with Crippen molar-refractivity contribution >= 4 is 21.4 Å². The first-order valence-electron chi connectivity index (χ1n) is 5.42. The lowest BCUT2D eigenvalue weighted by atomic mass is 10.2. The maximum Gasteiger partial charge on any atom is 0.241 e. The van der Waals surface area contributed by atoms with E-state index in [4.69, 9.17) is 9.84 Å². The number of nitrogens with one attached hydrogen (secondary N) is 1. The molecule has 1 unspecified atom stereocenters. The highest BCUT2D eigenvalue weighted by atomic mass is 32.2. The largest absolute Gasteiger partial charge is 0.391 e. The van der Waals surface area contributed by atoms with E-state index >= 15 is 0 Å². The molecule has 0 saturated carbocycles. The lowest BCUT2D eigenvalue weighted by molar-refractivity contribution is 0.114. The molecule has 1 fully saturated rings. The average Bonchev–Trinajstić information content (AvgIpc) is 2.97. The van der Waals surface area contributed by atoms with Crippen LogP contribution >= 0.6 is 11.3 Å². The quantitative estimate of drug-likeness (QED) is 0.830. The van der Waals surface area contributed by atoms with Gasteiger partial charge in [-0.2, -0.15) is 0 Å². The molecule has 2 rings (SSSR count). The fourth-order valence-corrected chi connectivity index (χ4v) is 4.13. The van der Waals surface area contributed by atoms with Crippen LogP contribution in [-0.4, -0.2) is 32.8 Å². The third kappa shape index (κ3) is 3.05. The third-order valence-corrected chi connectivity index (χ3v) is 5.21. The number of rotatable bonds is 5. The van der Waals surface area contributed by atoms with Crippen LogP contribution in [0.1, 0.15) is 17.7 Å². The fraction of sp³-hybridized carbons (Fsp3) is 0.600. The molecule has 1 aliphatic rings. The molecule has 2 N–H and O–H groups in total. The van der Waals surface area contributed by atoms with Crippen LogP contribution < -0.4 is 4.72 Å². The number of aliphatic hydroxyl groups is 1. The van der Waals surface area contributed by atoms with E-state index in [9.17, 15) is 8.42 Å². The van der Waals surface area contributed by atoms with Crippen molar-refractivity contribution in [3.8, 4) is 0 Å². The molecule has 0 spiro atoms. The van der Waals surface area contributed by atoms with Crippen molar-refractivity contribution < 1.29 is 18.3 Å². The predicted molar refractivity (Wildman–Crippen MR) is 64.4 cm³/mol. The summed E-state index contributed by atoms with van der Waals surface area (Å²) in [5, 5.41) is 10.7. The molecule has 2 heterocycles. The summed E-state index contributed by atoms with van der Waals surface area (Å²) in [4.78, 5) is 0.632. The smallest absolute Gasteiger partial charge is 0.241 e. The zero-order valence-corrected chi connectivity index (χ0v) is 10.9. The summed E-state index contributed by atoms with van der Waals surface area (Å²) in [6.45, 7) is 0.740. The second-order valence-electron chi connectivity index (χ2n) is 3.85. The first-order valence-corrected chi connectivity index (χ1v) is 7.78. The first kappa shape index (κ1) is 13.0. The monoisotopic (exact) mass is 277 g/mol. The Kier molecular flexibility index (Phi) is 4.16. The Bertz CT molecular complexity index is 462. The molecule has 0 amide bonds. The Hall–Kier alpha value is -0.470. The van der Waals surface area contributed by atoms with E-state index in [1.165, 1.54) is 17.4 Å². The van der Waals surface area contributed by atoms with Gasteiger partial charge in [0.25, 0.3) is 0 Å². The standard InChI is InChI=1S/C10H15NO4S2/c12-7-9-10(3-5-16-9)17(13,14)11-6-8-2-1-4-15-8/h3,5,8,11-12H,1-2,4,6-7H2. The topological polar surface area (TPSA) is 75.6 Å². The summed E-state index contributed by atoms with van der Waals surface area (Å²) >= 11 is 1.23. The van der Waals surface area contributed by atoms with Crippen LogP contribution in [-0.2, 0) is 21.4 Å². The minimum absolute atomic E-state index is 0.0269. The van der Waals surface area contributed by atoms with E-state index in [0.717, 1.165) is 12.8 Å². The summed E-state index contributed by atoms with van der Waals surface area (Å²) < 4.78 is 31.8. The Labute approximate surface area is 104 Å². The maximum absolute atomic E-state index is 12.0. The number of sulfonamides is 1. The van der Waals surface area contributed by atoms with Crippen LogP contribution in [0, 0.1) is 0 Å². The van der Waals surface area contributed by atoms with Gasteiger partial charge in [0, 0.05) is 18.0 Å². The van der Waals surface area contributed by atoms with Gasteiger partial charge in [-0.25, -0.2) is 13.1 Å². The maximum atomic E-state index is 12.0. The summed E-state index contributed by atoms with van der Waals surface area (Å²) in [5.74, 6) is 0. The summed E-state index contributed by atoms with van der Waals surface area (Å²) in [5.41, 5.74) is 0. The molecule has 1 aromatic heterocycles. The van der Waals surface area contributed by atoms with Gasteiger partial charge in [0.05, 0.1) is 17.6 Å². The van der Waals surface area contributed by atoms with Gasteiger partial charge < -0.3 is 9.84 Å². The molecule has 1 atom stereocenters. The molecule has 0 bridgehead atoms. The Morgan fingerprint density at radius 2 is 2.41 bits per heavy atom. The molecule has 0 aromatic carbocycles. The van der Waals surface area contributed by atoms with E-state index in [-0.39, 0.29) is 17.6 Å². The highest BCUT2D eigenvalue weighted by Crippen LogP contribution is 2.22. The average molecular weight is 277 g/mol. The van der Waals surface area contributed by atoms with E-state index in [0.29, 0.717) is 18.0 Å². The van der Waals surface area contributed by atoms with Gasteiger partial charge in [-0.3, -0.25) is 0 Å². The van der Waals surface area contributed by atoms with Crippen molar-refractivity contribution in [1.82, 2.24) is 4.72 Å². The minimum atomic E-state index is -3.53. The van der Waals surface area contributed by atoms with Crippen LogP contribution in [0.2, 0.25) is 0 Å². The normalized spacial score (nSPS) is 20.9. The first-order chi connectivity index (χ1) is 8.13. The van der Waals surface area contributed by atoms with Gasteiger partial charge in [0.1, 0.15) is 0 Å². The Morgan fingerprint density at radius 3 is 3.06 bits per heavy atom. The van der Waals surface area contributed by atoms with Crippen molar-refractivity contribution in [3.63, 3.8) is 0 Å². The van der Waals surface area contributed by atoms with Crippen LogP contribution in [0.4, 0.5) is 0 Å². The Morgan fingerprint density at radius 1 is 1.59 bits per heavy atom. The molecular formula is C10H15NO4S2. The summed E-state index contributed by atoms with van der Waals surface area (Å²) in [6, 6.07) is 1.51. The van der Waals surface area contributed by atoms with E-state index in [1.54, 1.807) is 5.38 Å². The fourth-order valence-electron chi connectivity index (χ4n) is 1.77. The van der Waals surface area contributed by atoms with Crippen LogP contribution in [0.25, 0.3) is 0 Å². The van der Waals surface area contributed by atoms with Gasteiger partial charge >= 0.3 is 0 Å². The minimum Gasteiger partial charge on any atom is -0.391 e. The number of hydrogen-bond donors (Lipinski definition) is 2. The zero-order valence-electron chi connectivity index (χ0n) is 9.26. The molecule has 17 heavy (non-hydrogen) atoms. The van der Waals surface area contributed by atoms with E-state index in [1.807, 2.05) is 0 Å². The molecule has 0 radical (unpaired) electrons. The predicted octanol–water partition coefficient (Wildman–Crippen LogP) is 0.698. The molecule has 7 heteroatoms. The van der Waals surface area contributed by atoms with Gasteiger partial charge in [0.2, 0.25) is 10.0 Å². The van der Waals surface area contributed by atoms with Crippen molar-refractivity contribution in [2.75, 3.05) is 13.2 Å². The van der Waals surface area contributed by atoms with Gasteiger partial charge in [-0.1, -0.05) is 0 Å². The summed E-state index contributed by atoms with van der Waals surface area (Å²) in [6.07, 6.45) is 1.84. The molecular weight excluding hydrogens is 262 g/mol. The SMILES string of the molecule is O=S(=O)(NCC1CCCO1)c1ccsc1CO. The summed E-state index contributed by atoms with van der Waals surface area (Å²) in [7, 11) is -3.53. The van der Waals surface area contributed by atoms with Crippen molar-refractivity contribution in [2.24, 2.45) is 0 Å². The highest BCUT2D eigenvalue weighted by Gasteiger charge is 2.22. The van der Waals surface area contributed by atoms with Gasteiger partial charge in [-0.15, -0.1) is 11.3 Å². The Balaban J connectivity index is 2.03. The second-order valence-corrected chi connectivity index (χ2v) is 6.59. The lowest BCUT2D eigenvalue weighted by Crippen LogP contribution is -2.32. The zero-order chi connectivity index (χ0) is 12.3. The second kappa shape index (κ2) is 5.45. The van der Waals surface area contributed by atoms with Crippen molar-refractivity contribution in [2.45, 2.75) is 30.4 Å². The number of aliphatic hydroxyl groups excluding tert-OH is 1. The number of thiophene rings is 1. The molecule has 0 aliphatic carbocycles. The molecule has 1 saturated heterocycles.